The van der Waals surface area contributed by atoms with E-state index >= 15 is 0 Å². The fourth-order valence-corrected chi connectivity index (χ4v) is 4.56. The van der Waals surface area contributed by atoms with Gasteiger partial charge in [-0.3, -0.25) is 9.52 Å². The summed E-state index contributed by atoms with van der Waals surface area (Å²) in [5.41, 5.74) is 3.68. The number of sulfonamides is 1. The van der Waals surface area contributed by atoms with E-state index in [0.717, 1.165) is 11.3 Å². The average molecular weight is 454 g/mol. The highest BCUT2D eigenvalue weighted by Gasteiger charge is 2.21. The molecule has 2 N–H and O–H groups in total. The van der Waals surface area contributed by atoms with E-state index in [2.05, 4.69) is 10.0 Å². The lowest BCUT2D eigenvalue weighted by molar-refractivity contribution is 0.102. The van der Waals surface area contributed by atoms with Crippen LogP contribution in [0.15, 0.2) is 65.6 Å². The number of hydrogen-bond acceptors (Lipinski definition) is 5. The number of nitrogens with zero attached hydrogens (tertiary/aromatic N) is 1. The Hall–Kier alpha value is -3.52. The molecule has 0 aliphatic carbocycles. The van der Waals surface area contributed by atoms with Crippen LogP contribution in [0.25, 0.3) is 0 Å². The molecule has 0 radical (unpaired) electrons. The molecule has 0 spiro atoms. The van der Waals surface area contributed by atoms with Crippen molar-refractivity contribution >= 4 is 33.0 Å². The molecule has 0 heterocycles. The first-order chi connectivity index (χ1) is 15.1. The van der Waals surface area contributed by atoms with Gasteiger partial charge in [0.25, 0.3) is 15.9 Å². The third-order valence-electron chi connectivity index (χ3n) is 5.07. The molecular weight excluding hydrogens is 426 g/mol. The minimum atomic E-state index is -3.94. The lowest BCUT2D eigenvalue weighted by Gasteiger charge is -2.16. The van der Waals surface area contributed by atoms with Crippen LogP contribution in [0.5, 0.6) is 5.75 Å². The van der Waals surface area contributed by atoms with Crippen molar-refractivity contribution < 1.29 is 17.9 Å². The molecule has 0 aliphatic heterocycles. The molecule has 0 aromatic heterocycles. The summed E-state index contributed by atoms with van der Waals surface area (Å²) in [5, 5.41) is 2.87. The van der Waals surface area contributed by atoms with Crippen LogP contribution in [-0.4, -0.2) is 35.5 Å². The van der Waals surface area contributed by atoms with Gasteiger partial charge >= 0.3 is 0 Å². The maximum atomic E-state index is 13.1. The van der Waals surface area contributed by atoms with Gasteiger partial charge in [0.15, 0.2) is 0 Å². The van der Waals surface area contributed by atoms with E-state index in [1.807, 2.05) is 44.1 Å². The molecule has 0 fully saturated rings. The quantitative estimate of drug-likeness (QED) is 0.553. The predicted molar refractivity (Wildman–Crippen MR) is 128 cm³/mol. The van der Waals surface area contributed by atoms with E-state index in [0.29, 0.717) is 22.7 Å². The fourth-order valence-electron chi connectivity index (χ4n) is 3.22. The van der Waals surface area contributed by atoms with E-state index in [4.69, 9.17) is 4.74 Å². The van der Waals surface area contributed by atoms with Gasteiger partial charge in [-0.15, -0.1) is 0 Å². The summed E-state index contributed by atoms with van der Waals surface area (Å²) in [7, 11) is 1.41. The van der Waals surface area contributed by atoms with E-state index in [1.54, 1.807) is 43.3 Å². The summed E-state index contributed by atoms with van der Waals surface area (Å²) in [5.74, 6) is 0.0127. The van der Waals surface area contributed by atoms with Crippen molar-refractivity contribution in [1.29, 1.82) is 0 Å². The molecule has 32 heavy (non-hydrogen) atoms. The van der Waals surface area contributed by atoms with Crippen molar-refractivity contribution in [3.63, 3.8) is 0 Å². The van der Waals surface area contributed by atoms with E-state index in [1.165, 1.54) is 13.2 Å². The predicted octanol–water partition coefficient (Wildman–Crippen LogP) is 4.43. The lowest BCUT2D eigenvalue weighted by Crippen LogP contribution is -2.18. The Labute approximate surface area is 189 Å². The molecule has 3 rings (SSSR count). The zero-order chi connectivity index (χ0) is 23.5. The Kier molecular flexibility index (Phi) is 6.74. The molecule has 8 heteroatoms. The standard InChI is InChI=1S/C24H27N3O4S/c1-16-10-11-18(24(28)25-20-13-12-19(27(3)4)14-17(20)2)15-23(16)32(29,30)26-21-8-6-7-9-22(21)31-5/h6-15,26H,1-5H3,(H,25,28). The Morgan fingerprint density at radius 3 is 2.28 bits per heavy atom. The first-order valence-corrected chi connectivity index (χ1v) is 11.5. The van der Waals surface area contributed by atoms with Crippen LogP contribution in [0.3, 0.4) is 0 Å². The molecule has 0 unspecified atom stereocenters. The van der Waals surface area contributed by atoms with Crippen molar-refractivity contribution in [1.82, 2.24) is 0 Å². The maximum Gasteiger partial charge on any atom is 0.262 e. The molecule has 1 amide bonds. The molecule has 0 saturated carbocycles. The van der Waals surface area contributed by atoms with Crippen molar-refractivity contribution in [2.75, 3.05) is 36.1 Å². The van der Waals surface area contributed by atoms with Gasteiger partial charge in [-0.1, -0.05) is 18.2 Å². The minimum Gasteiger partial charge on any atom is -0.495 e. The Balaban J connectivity index is 1.89. The van der Waals surface area contributed by atoms with Crippen molar-refractivity contribution in [3.05, 3.63) is 77.4 Å². The van der Waals surface area contributed by atoms with Crippen LogP contribution in [0.4, 0.5) is 17.1 Å². The van der Waals surface area contributed by atoms with Gasteiger partial charge in [0.1, 0.15) is 5.75 Å². The van der Waals surface area contributed by atoms with Crippen LogP contribution in [0.1, 0.15) is 21.5 Å². The molecule has 3 aromatic carbocycles. The molecule has 3 aromatic rings. The molecule has 0 aliphatic rings. The molecule has 0 atom stereocenters. The van der Waals surface area contributed by atoms with Crippen molar-refractivity contribution in [2.24, 2.45) is 0 Å². The number of carbonyl (C=O) groups is 1. The van der Waals surface area contributed by atoms with Crippen LogP contribution in [-0.2, 0) is 10.0 Å². The summed E-state index contributed by atoms with van der Waals surface area (Å²) >= 11 is 0. The van der Waals surface area contributed by atoms with Gasteiger partial charge < -0.3 is 15.0 Å². The molecule has 0 saturated heterocycles. The van der Waals surface area contributed by atoms with Crippen molar-refractivity contribution in [3.8, 4) is 5.75 Å². The topological polar surface area (TPSA) is 87.7 Å². The van der Waals surface area contributed by atoms with Gasteiger partial charge in [0, 0.05) is 31.0 Å². The number of amides is 1. The largest absolute Gasteiger partial charge is 0.495 e. The Bertz CT molecular complexity index is 1250. The highest BCUT2D eigenvalue weighted by atomic mass is 32.2. The first kappa shape index (κ1) is 23.1. The summed E-state index contributed by atoms with van der Waals surface area (Å²) in [6.07, 6.45) is 0. The summed E-state index contributed by atoms with van der Waals surface area (Å²) in [6, 6.07) is 17.1. The van der Waals surface area contributed by atoms with Crippen LogP contribution in [0, 0.1) is 13.8 Å². The normalized spacial score (nSPS) is 11.0. The SMILES string of the molecule is COc1ccccc1NS(=O)(=O)c1cc(C(=O)Nc2ccc(N(C)C)cc2C)ccc1C. The highest BCUT2D eigenvalue weighted by molar-refractivity contribution is 7.92. The second-order valence-corrected chi connectivity index (χ2v) is 9.28. The molecule has 0 bridgehead atoms. The number of para-hydroxylation sites is 2. The number of nitrogens with one attached hydrogen (secondary N) is 2. The van der Waals surface area contributed by atoms with Gasteiger partial charge in [0.05, 0.1) is 17.7 Å². The third-order valence-corrected chi connectivity index (χ3v) is 6.57. The number of ether oxygens (including phenoxy) is 1. The number of rotatable bonds is 7. The summed E-state index contributed by atoms with van der Waals surface area (Å²) in [6.45, 7) is 3.59. The number of hydrogen-bond donors (Lipinski definition) is 2. The highest BCUT2D eigenvalue weighted by Crippen LogP contribution is 2.28. The number of methoxy groups -OCH3 is 1. The van der Waals surface area contributed by atoms with Crippen LogP contribution in [0.2, 0.25) is 0 Å². The zero-order valence-corrected chi connectivity index (χ0v) is 19.6. The van der Waals surface area contributed by atoms with Gasteiger partial charge in [-0.25, -0.2) is 8.42 Å². The summed E-state index contributed by atoms with van der Waals surface area (Å²) in [4.78, 5) is 14.9. The summed E-state index contributed by atoms with van der Waals surface area (Å²) < 4.78 is 33.9. The van der Waals surface area contributed by atoms with Crippen LogP contribution >= 0.6 is 0 Å². The van der Waals surface area contributed by atoms with E-state index in [-0.39, 0.29) is 16.4 Å². The van der Waals surface area contributed by atoms with Gasteiger partial charge in [-0.05, 0) is 67.4 Å². The first-order valence-electron chi connectivity index (χ1n) is 9.98. The number of aryl methyl sites for hydroxylation is 2. The molecule has 7 nitrogen and oxygen atoms in total. The number of carbonyl (C=O) groups excluding carboxylic acids is 1. The van der Waals surface area contributed by atoms with E-state index in [9.17, 15) is 13.2 Å². The van der Waals surface area contributed by atoms with Gasteiger partial charge in [-0.2, -0.15) is 0 Å². The van der Waals surface area contributed by atoms with Crippen molar-refractivity contribution in [2.45, 2.75) is 18.7 Å². The van der Waals surface area contributed by atoms with Gasteiger partial charge in [0.2, 0.25) is 0 Å². The number of benzene rings is 3. The molecular formula is C24H27N3O4S. The minimum absolute atomic E-state index is 0.0238. The fraction of sp³-hybridized carbons (Fsp3) is 0.208. The van der Waals surface area contributed by atoms with Crippen LogP contribution < -0.4 is 19.7 Å². The van der Waals surface area contributed by atoms with E-state index < -0.39 is 10.0 Å². The second-order valence-electron chi connectivity index (χ2n) is 7.63. The maximum absolute atomic E-state index is 13.1. The zero-order valence-electron chi connectivity index (χ0n) is 18.8. The average Bonchev–Trinajstić information content (AvgIpc) is 2.75. The Morgan fingerprint density at radius 1 is 0.906 bits per heavy atom. The number of anilines is 3. The smallest absolute Gasteiger partial charge is 0.262 e. The Morgan fingerprint density at radius 2 is 1.62 bits per heavy atom. The second kappa shape index (κ2) is 9.32. The monoisotopic (exact) mass is 453 g/mol. The third kappa shape index (κ3) is 5.03. The molecule has 168 valence electrons. The lowest BCUT2D eigenvalue weighted by atomic mass is 10.1.